The van der Waals surface area contributed by atoms with Gasteiger partial charge in [0, 0.05) is 18.0 Å². The van der Waals surface area contributed by atoms with Gasteiger partial charge < -0.3 is 11.1 Å². The largest absolute Gasteiger partial charge is 0.369 e. The van der Waals surface area contributed by atoms with Gasteiger partial charge >= 0.3 is 0 Å². The van der Waals surface area contributed by atoms with E-state index in [4.69, 9.17) is 5.73 Å². The maximum atomic E-state index is 12.2. The van der Waals surface area contributed by atoms with Crippen LogP contribution in [0.3, 0.4) is 0 Å². The summed E-state index contributed by atoms with van der Waals surface area (Å²) in [5, 5.41) is 3.28. The minimum atomic E-state index is -0.403. The van der Waals surface area contributed by atoms with Gasteiger partial charge in [-0.25, -0.2) is 0 Å². The quantitative estimate of drug-likeness (QED) is 0.718. The summed E-state index contributed by atoms with van der Waals surface area (Å²) in [6, 6.07) is -0.299. The fourth-order valence-electron chi connectivity index (χ4n) is 3.15. The molecule has 0 bridgehead atoms. The average molecular weight is 281 g/mol. The lowest BCUT2D eigenvalue weighted by Crippen LogP contribution is -2.47. The monoisotopic (exact) mass is 281 g/mol. The predicted molar refractivity (Wildman–Crippen MR) is 73.5 cm³/mol. The van der Waals surface area contributed by atoms with Crippen LogP contribution < -0.4 is 11.1 Å². The molecule has 1 saturated carbocycles. The Morgan fingerprint density at radius 1 is 1.25 bits per heavy atom. The van der Waals surface area contributed by atoms with Gasteiger partial charge in [0.15, 0.2) is 0 Å². The van der Waals surface area contributed by atoms with Crippen LogP contribution in [-0.4, -0.2) is 40.7 Å². The molecule has 0 spiro atoms. The summed E-state index contributed by atoms with van der Waals surface area (Å²) in [5.74, 6) is -0.502. The number of hydrogen-bond acceptors (Lipinski definition) is 4. The molecule has 2 fully saturated rings. The van der Waals surface area contributed by atoms with Crippen molar-refractivity contribution in [3.8, 4) is 0 Å². The van der Waals surface area contributed by atoms with Crippen LogP contribution in [0.5, 0.6) is 0 Å². The van der Waals surface area contributed by atoms with Crippen molar-refractivity contribution in [1.82, 2.24) is 10.2 Å². The lowest BCUT2D eigenvalue weighted by atomic mass is 9.85. The lowest BCUT2D eigenvalue weighted by Gasteiger charge is -2.29. The third-order valence-electron chi connectivity index (χ3n) is 4.27. The van der Waals surface area contributed by atoms with Crippen molar-refractivity contribution in [2.75, 3.05) is 0 Å². The molecular weight excluding hydrogens is 258 g/mol. The summed E-state index contributed by atoms with van der Waals surface area (Å²) in [7, 11) is 0. The van der Waals surface area contributed by atoms with Crippen LogP contribution in [-0.2, 0) is 14.4 Å². The number of carbonyl (C=O) groups excluding carboxylic acids is 3. The first-order valence-electron chi connectivity index (χ1n) is 7.31. The fourth-order valence-corrected chi connectivity index (χ4v) is 3.15. The summed E-state index contributed by atoms with van der Waals surface area (Å²) in [6.45, 7) is 3.69. The molecule has 2 aliphatic rings. The van der Waals surface area contributed by atoms with Crippen molar-refractivity contribution in [3.63, 3.8) is 0 Å². The molecule has 1 heterocycles. The average Bonchev–Trinajstić information content (AvgIpc) is 2.65. The van der Waals surface area contributed by atoms with E-state index in [1.165, 1.54) is 4.90 Å². The van der Waals surface area contributed by atoms with Crippen molar-refractivity contribution in [3.05, 3.63) is 0 Å². The number of hydrogen-bond donors (Lipinski definition) is 2. The molecule has 20 heavy (non-hydrogen) atoms. The normalized spacial score (nSPS) is 31.1. The van der Waals surface area contributed by atoms with Crippen LogP contribution in [0.25, 0.3) is 0 Å². The van der Waals surface area contributed by atoms with Crippen molar-refractivity contribution >= 4 is 17.7 Å². The highest BCUT2D eigenvalue weighted by Crippen LogP contribution is 2.25. The molecule has 0 aromatic carbocycles. The van der Waals surface area contributed by atoms with Gasteiger partial charge in [0.05, 0.1) is 12.5 Å². The van der Waals surface area contributed by atoms with Crippen LogP contribution in [0.1, 0.15) is 46.0 Å². The molecule has 1 aliphatic carbocycles. The first kappa shape index (κ1) is 15.0. The summed E-state index contributed by atoms with van der Waals surface area (Å²) in [4.78, 5) is 36.5. The third kappa shape index (κ3) is 3.00. The van der Waals surface area contributed by atoms with Crippen molar-refractivity contribution < 1.29 is 14.4 Å². The minimum absolute atomic E-state index is 0.0406. The highest BCUT2D eigenvalue weighted by molar-refractivity contribution is 6.05. The number of amides is 3. The molecule has 0 radical (unpaired) electrons. The van der Waals surface area contributed by atoms with E-state index in [1.54, 1.807) is 0 Å². The van der Waals surface area contributed by atoms with E-state index < -0.39 is 6.04 Å². The van der Waals surface area contributed by atoms with Crippen molar-refractivity contribution in [1.29, 1.82) is 0 Å². The SMILES string of the molecule is CC(C)N1C(=O)CC(NC2CCC(C(N)=O)CC2)C1=O. The molecular formula is C14H23N3O3. The van der Waals surface area contributed by atoms with Gasteiger partial charge in [0.2, 0.25) is 17.7 Å². The zero-order valence-corrected chi connectivity index (χ0v) is 12.1. The van der Waals surface area contributed by atoms with E-state index in [1.807, 2.05) is 13.8 Å². The molecule has 1 aliphatic heterocycles. The molecule has 2 rings (SSSR count). The van der Waals surface area contributed by atoms with E-state index in [9.17, 15) is 14.4 Å². The van der Waals surface area contributed by atoms with Crippen LogP contribution in [0.2, 0.25) is 0 Å². The van der Waals surface area contributed by atoms with E-state index in [-0.39, 0.29) is 42.1 Å². The number of nitrogens with one attached hydrogen (secondary N) is 1. The molecule has 3 N–H and O–H groups in total. The molecule has 6 heteroatoms. The van der Waals surface area contributed by atoms with Crippen molar-refractivity contribution in [2.24, 2.45) is 11.7 Å². The Hall–Kier alpha value is -1.43. The van der Waals surface area contributed by atoms with Crippen molar-refractivity contribution in [2.45, 2.75) is 64.1 Å². The van der Waals surface area contributed by atoms with Gasteiger partial charge in [0.25, 0.3) is 0 Å². The van der Waals surface area contributed by atoms with E-state index in [0.717, 1.165) is 25.7 Å². The molecule has 112 valence electrons. The molecule has 1 unspecified atom stereocenters. The second-order valence-electron chi connectivity index (χ2n) is 6.07. The van der Waals surface area contributed by atoms with Crippen LogP contribution >= 0.6 is 0 Å². The van der Waals surface area contributed by atoms with Crippen LogP contribution in [0.15, 0.2) is 0 Å². The van der Waals surface area contributed by atoms with Crippen LogP contribution in [0, 0.1) is 5.92 Å². The Labute approximate surface area is 119 Å². The second-order valence-corrected chi connectivity index (χ2v) is 6.07. The van der Waals surface area contributed by atoms with Gasteiger partial charge in [-0.15, -0.1) is 0 Å². The topological polar surface area (TPSA) is 92.5 Å². The van der Waals surface area contributed by atoms with Gasteiger partial charge in [0.1, 0.15) is 0 Å². The molecule has 0 aromatic rings. The Kier molecular flexibility index (Phi) is 4.42. The molecule has 1 saturated heterocycles. The van der Waals surface area contributed by atoms with E-state index in [0.29, 0.717) is 0 Å². The van der Waals surface area contributed by atoms with Gasteiger partial charge in [-0.1, -0.05) is 0 Å². The maximum absolute atomic E-state index is 12.2. The summed E-state index contributed by atoms with van der Waals surface area (Å²) in [6.07, 6.45) is 3.42. The van der Waals surface area contributed by atoms with Gasteiger partial charge in [-0.05, 0) is 39.5 Å². The number of nitrogens with zero attached hydrogens (tertiary/aromatic N) is 1. The fraction of sp³-hybridized carbons (Fsp3) is 0.786. The summed E-state index contributed by atoms with van der Waals surface area (Å²) < 4.78 is 0. The zero-order chi connectivity index (χ0) is 14.9. The van der Waals surface area contributed by atoms with Gasteiger partial charge in [-0.2, -0.15) is 0 Å². The molecule has 0 aromatic heterocycles. The predicted octanol–water partition coefficient (Wildman–Crippen LogP) is 0.156. The number of likely N-dealkylation sites (tertiary alicyclic amines) is 1. The highest BCUT2D eigenvalue weighted by atomic mass is 16.2. The number of carbonyl (C=O) groups is 3. The van der Waals surface area contributed by atoms with E-state index >= 15 is 0 Å². The number of imide groups is 1. The Morgan fingerprint density at radius 3 is 2.30 bits per heavy atom. The lowest BCUT2D eigenvalue weighted by molar-refractivity contribution is -0.140. The van der Waals surface area contributed by atoms with Gasteiger partial charge in [-0.3, -0.25) is 19.3 Å². The van der Waals surface area contributed by atoms with Crippen LogP contribution in [0.4, 0.5) is 0 Å². The molecule has 6 nitrogen and oxygen atoms in total. The first-order valence-corrected chi connectivity index (χ1v) is 7.31. The van der Waals surface area contributed by atoms with E-state index in [2.05, 4.69) is 5.32 Å². The Bertz CT molecular complexity index is 414. The smallest absolute Gasteiger partial charge is 0.247 e. The maximum Gasteiger partial charge on any atom is 0.247 e. The number of nitrogens with two attached hydrogens (primary N) is 1. The molecule has 1 atom stereocenters. The number of rotatable bonds is 4. The highest BCUT2D eigenvalue weighted by Gasteiger charge is 2.41. The summed E-state index contributed by atoms with van der Waals surface area (Å²) in [5.41, 5.74) is 5.30. The Balaban J connectivity index is 1.88. The number of primary amides is 1. The molecule has 3 amide bonds. The first-order chi connectivity index (χ1) is 9.40. The minimum Gasteiger partial charge on any atom is -0.369 e. The third-order valence-corrected chi connectivity index (χ3v) is 4.27. The zero-order valence-electron chi connectivity index (χ0n) is 12.1. The second kappa shape index (κ2) is 5.91. The standard InChI is InChI=1S/C14H23N3O3/c1-8(2)17-12(18)7-11(14(17)20)16-10-5-3-9(4-6-10)13(15)19/h8-11,16H,3-7H2,1-2H3,(H2,15,19). The Morgan fingerprint density at radius 2 is 1.85 bits per heavy atom. The summed E-state index contributed by atoms with van der Waals surface area (Å²) >= 11 is 0.